The van der Waals surface area contributed by atoms with Gasteiger partial charge in [0.2, 0.25) is 0 Å². The topological polar surface area (TPSA) is 74.4 Å². The predicted molar refractivity (Wildman–Crippen MR) is 92.0 cm³/mol. The van der Waals surface area contributed by atoms with Crippen LogP contribution in [0.1, 0.15) is 0 Å². The zero-order valence-corrected chi connectivity index (χ0v) is 14.8. The average Bonchev–Trinajstić information content (AvgIpc) is 3.10. The summed E-state index contributed by atoms with van der Waals surface area (Å²) in [5.74, 6) is -1.98. The van der Waals surface area contributed by atoms with Crippen molar-refractivity contribution in [2.45, 2.75) is 6.18 Å². The summed E-state index contributed by atoms with van der Waals surface area (Å²) in [5.41, 5.74) is 0.713. The third-order valence-corrected chi connectivity index (χ3v) is 3.76. The lowest BCUT2D eigenvalue weighted by atomic mass is 10.2. The Kier molecular flexibility index (Phi) is 4.90. The predicted octanol–water partition coefficient (Wildman–Crippen LogP) is 4.20. The summed E-state index contributed by atoms with van der Waals surface area (Å²) in [4.78, 5) is 7.69. The summed E-state index contributed by atoms with van der Waals surface area (Å²) in [7, 11) is 0. The SMILES string of the molecule is Fc1ccc(Oc2nnc3cnc(-c4cnc(OCC(F)(F)F)c(F)c4)cn23)cc1. The van der Waals surface area contributed by atoms with Crippen molar-refractivity contribution in [2.24, 2.45) is 0 Å². The van der Waals surface area contributed by atoms with Crippen LogP contribution >= 0.6 is 0 Å². The van der Waals surface area contributed by atoms with Gasteiger partial charge in [-0.1, -0.05) is 5.10 Å². The van der Waals surface area contributed by atoms with E-state index < -0.39 is 30.3 Å². The summed E-state index contributed by atoms with van der Waals surface area (Å²) in [6, 6.07) is 6.20. The molecule has 0 bridgehead atoms. The Morgan fingerprint density at radius 3 is 2.43 bits per heavy atom. The Labute approximate surface area is 164 Å². The monoisotopic (exact) mass is 423 g/mol. The van der Waals surface area contributed by atoms with Crippen LogP contribution in [0.3, 0.4) is 0 Å². The van der Waals surface area contributed by atoms with Gasteiger partial charge in [-0.25, -0.2) is 18.2 Å². The molecule has 0 unspecified atom stereocenters. The third-order valence-electron chi connectivity index (χ3n) is 3.76. The molecule has 0 saturated carbocycles. The Hall–Kier alpha value is -3.83. The first-order valence-corrected chi connectivity index (χ1v) is 8.28. The number of fused-ring (bicyclic) bond motifs is 1. The van der Waals surface area contributed by atoms with Gasteiger partial charge in [-0.05, 0) is 30.3 Å². The van der Waals surface area contributed by atoms with Crippen molar-refractivity contribution < 1.29 is 31.4 Å². The lowest BCUT2D eigenvalue weighted by Gasteiger charge is -2.10. The smallest absolute Gasteiger partial charge is 0.422 e. The fraction of sp³-hybridized carbons (Fsp3) is 0.111. The molecule has 0 aliphatic rings. The fourth-order valence-corrected chi connectivity index (χ4v) is 2.43. The molecule has 0 aliphatic carbocycles. The molecule has 30 heavy (non-hydrogen) atoms. The first-order valence-electron chi connectivity index (χ1n) is 8.28. The van der Waals surface area contributed by atoms with E-state index in [-0.39, 0.29) is 17.3 Å². The van der Waals surface area contributed by atoms with Gasteiger partial charge in [0.05, 0.1) is 11.9 Å². The van der Waals surface area contributed by atoms with E-state index in [1.165, 1.54) is 41.1 Å². The summed E-state index contributed by atoms with van der Waals surface area (Å²) in [6.45, 7) is -1.66. The molecule has 0 amide bonds. The van der Waals surface area contributed by atoms with E-state index in [9.17, 15) is 22.0 Å². The van der Waals surface area contributed by atoms with E-state index in [1.807, 2.05) is 0 Å². The molecular formula is C18H10F5N5O2. The van der Waals surface area contributed by atoms with E-state index in [2.05, 4.69) is 24.9 Å². The van der Waals surface area contributed by atoms with E-state index in [1.54, 1.807) is 0 Å². The number of nitrogens with zero attached hydrogens (tertiary/aromatic N) is 5. The maximum absolute atomic E-state index is 14.1. The van der Waals surface area contributed by atoms with Gasteiger partial charge in [0.15, 0.2) is 18.1 Å². The third kappa shape index (κ3) is 4.26. The number of pyridine rings is 1. The summed E-state index contributed by atoms with van der Waals surface area (Å²) in [6.07, 6.45) is -0.727. The second-order valence-electron chi connectivity index (χ2n) is 5.95. The molecule has 7 nitrogen and oxygen atoms in total. The van der Waals surface area contributed by atoms with Crippen LogP contribution in [0.4, 0.5) is 22.0 Å². The molecule has 0 aliphatic heterocycles. The number of benzene rings is 1. The van der Waals surface area contributed by atoms with Crippen LogP contribution in [-0.2, 0) is 0 Å². The largest absolute Gasteiger partial charge is 0.466 e. The van der Waals surface area contributed by atoms with Gasteiger partial charge in [-0.3, -0.25) is 4.98 Å². The highest BCUT2D eigenvalue weighted by atomic mass is 19.4. The highest BCUT2D eigenvalue weighted by Crippen LogP contribution is 2.26. The molecule has 1 aromatic carbocycles. The lowest BCUT2D eigenvalue weighted by molar-refractivity contribution is -0.154. The normalized spacial score (nSPS) is 11.6. The summed E-state index contributed by atoms with van der Waals surface area (Å²) in [5, 5.41) is 7.75. The molecule has 0 spiro atoms. The van der Waals surface area contributed by atoms with Crippen LogP contribution in [0, 0.1) is 11.6 Å². The first kappa shape index (κ1) is 19.5. The highest BCUT2D eigenvalue weighted by Gasteiger charge is 2.29. The zero-order chi connectivity index (χ0) is 21.3. The van der Waals surface area contributed by atoms with Gasteiger partial charge in [0.1, 0.15) is 11.6 Å². The molecule has 0 atom stereocenters. The van der Waals surface area contributed by atoms with Crippen molar-refractivity contribution in [3.63, 3.8) is 0 Å². The molecule has 12 heteroatoms. The standard InChI is InChI=1S/C18H10F5N5O2/c19-11-1-3-12(4-2-11)30-17-27-26-15-7-24-14(8-28(15)17)10-5-13(20)16(25-6-10)29-9-18(21,22)23/h1-8H,9H2. The van der Waals surface area contributed by atoms with Gasteiger partial charge in [-0.15, -0.1) is 5.10 Å². The minimum absolute atomic E-state index is 0.0406. The van der Waals surface area contributed by atoms with Crippen LogP contribution in [0.25, 0.3) is 16.9 Å². The summed E-state index contributed by atoms with van der Waals surface area (Å²) < 4.78 is 75.1. The van der Waals surface area contributed by atoms with Crippen molar-refractivity contribution in [1.29, 1.82) is 0 Å². The van der Waals surface area contributed by atoms with Gasteiger partial charge in [0.25, 0.3) is 5.88 Å². The van der Waals surface area contributed by atoms with Crippen LogP contribution in [0.5, 0.6) is 17.6 Å². The van der Waals surface area contributed by atoms with E-state index in [0.717, 1.165) is 12.3 Å². The van der Waals surface area contributed by atoms with Gasteiger partial charge in [0, 0.05) is 18.0 Å². The van der Waals surface area contributed by atoms with Gasteiger partial charge >= 0.3 is 12.2 Å². The number of aromatic nitrogens is 5. The van der Waals surface area contributed by atoms with Crippen LogP contribution in [-0.4, -0.2) is 37.3 Å². The van der Waals surface area contributed by atoms with Gasteiger partial charge < -0.3 is 9.47 Å². The van der Waals surface area contributed by atoms with Crippen molar-refractivity contribution >= 4 is 5.65 Å². The van der Waals surface area contributed by atoms with E-state index in [4.69, 9.17) is 4.74 Å². The molecule has 3 aromatic heterocycles. The number of ether oxygens (including phenoxy) is 2. The van der Waals surface area contributed by atoms with Crippen molar-refractivity contribution in [2.75, 3.05) is 6.61 Å². The molecular weight excluding hydrogens is 413 g/mol. The second-order valence-corrected chi connectivity index (χ2v) is 5.95. The van der Waals surface area contributed by atoms with E-state index >= 15 is 0 Å². The molecule has 0 fully saturated rings. The molecule has 0 saturated heterocycles. The molecule has 4 rings (SSSR count). The van der Waals surface area contributed by atoms with Crippen LogP contribution < -0.4 is 9.47 Å². The molecule has 0 radical (unpaired) electrons. The Morgan fingerprint density at radius 2 is 1.73 bits per heavy atom. The minimum atomic E-state index is -4.62. The quantitative estimate of drug-likeness (QED) is 0.448. The maximum Gasteiger partial charge on any atom is 0.422 e. The van der Waals surface area contributed by atoms with Gasteiger partial charge in [-0.2, -0.15) is 13.2 Å². The Morgan fingerprint density at radius 1 is 0.967 bits per heavy atom. The van der Waals surface area contributed by atoms with Crippen molar-refractivity contribution in [3.05, 3.63) is 60.6 Å². The number of hydrogen-bond acceptors (Lipinski definition) is 6. The second kappa shape index (κ2) is 7.54. The number of hydrogen-bond donors (Lipinski definition) is 0. The average molecular weight is 423 g/mol. The van der Waals surface area contributed by atoms with Crippen LogP contribution in [0.15, 0.2) is 48.9 Å². The Bertz CT molecular complexity index is 1190. The van der Waals surface area contributed by atoms with Crippen LogP contribution in [0.2, 0.25) is 0 Å². The van der Waals surface area contributed by atoms with E-state index in [0.29, 0.717) is 11.4 Å². The molecule has 154 valence electrons. The van der Waals surface area contributed by atoms with Crippen molar-refractivity contribution in [3.8, 4) is 28.9 Å². The maximum atomic E-state index is 14.1. The van der Waals surface area contributed by atoms with Crippen molar-refractivity contribution in [1.82, 2.24) is 24.6 Å². The minimum Gasteiger partial charge on any atom is -0.466 e. The molecule has 3 heterocycles. The first-order chi connectivity index (χ1) is 14.3. The highest BCUT2D eigenvalue weighted by molar-refractivity contribution is 5.59. The Balaban J connectivity index is 1.61. The fourth-order valence-electron chi connectivity index (χ4n) is 2.43. The number of rotatable bonds is 5. The number of alkyl halides is 3. The zero-order valence-electron chi connectivity index (χ0n) is 14.8. The molecule has 0 N–H and O–H groups in total. The lowest BCUT2D eigenvalue weighted by Crippen LogP contribution is -2.20. The molecule has 4 aromatic rings. The summed E-state index contributed by atoms with van der Waals surface area (Å²) >= 11 is 0. The number of halogens is 5.